The molecule has 1 heterocycles. The minimum atomic E-state index is -0.00213. The Labute approximate surface area is 125 Å². The summed E-state index contributed by atoms with van der Waals surface area (Å²) in [6.07, 6.45) is 4.61. The van der Waals surface area contributed by atoms with Crippen molar-refractivity contribution >= 4 is 12.2 Å². The van der Waals surface area contributed by atoms with E-state index in [1.54, 1.807) is 0 Å². The molecule has 0 radical (unpaired) electrons. The fourth-order valence-corrected chi connectivity index (χ4v) is 3.10. The molecule has 0 atom stereocenters. The molecule has 0 bridgehead atoms. The van der Waals surface area contributed by atoms with Crippen LogP contribution in [0.3, 0.4) is 0 Å². The topological polar surface area (TPSA) is 33.6 Å². The van der Waals surface area contributed by atoms with Gasteiger partial charge in [0.25, 0.3) is 0 Å². The van der Waals surface area contributed by atoms with Crippen LogP contribution in [0.5, 0.6) is 0 Å². The predicted octanol–water partition coefficient (Wildman–Crippen LogP) is 4.19. The average Bonchev–Trinajstić information content (AvgIpc) is 3.20. The standard InChI is InChI=1S/C16H21N3S/c1-16(2,11-10-12-6-4-3-5-7-12)19-14(13-8-9-13)17-18-15(19)20/h3-7,13H,8-11H2,1-2H3,(H,18,20). The highest BCUT2D eigenvalue weighted by molar-refractivity contribution is 7.71. The number of nitrogens with one attached hydrogen (secondary N) is 1. The van der Waals surface area contributed by atoms with Crippen molar-refractivity contribution in [2.24, 2.45) is 0 Å². The maximum absolute atomic E-state index is 5.44. The first kappa shape index (κ1) is 13.6. The smallest absolute Gasteiger partial charge is 0.195 e. The largest absolute Gasteiger partial charge is 0.298 e. The zero-order chi connectivity index (χ0) is 14.2. The van der Waals surface area contributed by atoms with Gasteiger partial charge in [-0.25, -0.2) is 0 Å². The highest BCUT2D eigenvalue weighted by atomic mass is 32.1. The third-order valence-electron chi connectivity index (χ3n) is 4.11. The van der Waals surface area contributed by atoms with E-state index in [2.05, 4.69) is 58.9 Å². The van der Waals surface area contributed by atoms with Crippen LogP contribution in [0.25, 0.3) is 0 Å². The molecule has 1 N–H and O–H groups in total. The van der Waals surface area contributed by atoms with E-state index >= 15 is 0 Å². The highest BCUT2D eigenvalue weighted by Gasteiger charge is 2.33. The predicted molar refractivity (Wildman–Crippen MR) is 83.5 cm³/mol. The summed E-state index contributed by atoms with van der Waals surface area (Å²) in [6.45, 7) is 4.51. The van der Waals surface area contributed by atoms with E-state index in [0.29, 0.717) is 5.92 Å². The van der Waals surface area contributed by atoms with Crippen molar-refractivity contribution in [2.75, 3.05) is 0 Å². The summed E-state index contributed by atoms with van der Waals surface area (Å²) in [7, 11) is 0. The SMILES string of the molecule is CC(C)(CCc1ccccc1)n1c(C2CC2)n[nH]c1=S. The number of aryl methyl sites for hydroxylation is 1. The van der Waals surface area contributed by atoms with Crippen molar-refractivity contribution in [3.8, 4) is 0 Å². The molecule has 0 amide bonds. The molecule has 2 aromatic rings. The molecule has 1 aliphatic rings. The average molecular weight is 287 g/mol. The Balaban J connectivity index is 1.81. The Bertz CT molecular complexity index is 635. The lowest BCUT2D eigenvalue weighted by atomic mass is 9.94. The summed E-state index contributed by atoms with van der Waals surface area (Å²) in [5, 5.41) is 7.42. The van der Waals surface area contributed by atoms with Crippen LogP contribution < -0.4 is 0 Å². The minimum Gasteiger partial charge on any atom is -0.298 e. The summed E-state index contributed by atoms with van der Waals surface area (Å²) in [5.74, 6) is 1.76. The van der Waals surface area contributed by atoms with Gasteiger partial charge in [-0.05, 0) is 57.3 Å². The Hall–Kier alpha value is -1.42. The van der Waals surface area contributed by atoms with Crippen LogP contribution in [0.2, 0.25) is 0 Å². The van der Waals surface area contributed by atoms with E-state index in [-0.39, 0.29) is 5.54 Å². The van der Waals surface area contributed by atoms with Crippen molar-refractivity contribution in [3.63, 3.8) is 0 Å². The minimum absolute atomic E-state index is 0.00213. The molecular weight excluding hydrogens is 266 g/mol. The summed E-state index contributed by atoms with van der Waals surface area (Å²) < 4.78 is 2.99. The first-order valence-corrected chi connectivity index (χ1v) is 7.70. The van der Waals surface area contributed by atoms with Gasteiger partial charge in [0.05, 0.1) is 0 Å². The Kier molecular flexibility index (Phi) is 3.50. The van der Waals surface area contributed by atoms with Gasteiger partial charge in [0.15, 0.2) is 4.77 Å². The summed E-state index contributed by atoms with van der Waals surface area (Å²) in [4.78, 5) is 0. The van der Waals surface area contributed by atoms with Crippen LogP contribution in [-0.4, -0.2) is 14.8 Å². The molecule has 1 aromatic heterocycles. The molecule has 0 unspecified atom stereocenters. The van der Waals surface area contributed by atoms with Crippen LogP contribution in [0.4, 0.5) is 0 Å². The monoisotopic (exact) mass is 287 g/mol. The number of aromatic amines is 1. The summed E-state index contributed by atoms with van der Waals surface area (Å²) in [5.41, 5.74) is 1.38. The number of aromatic nitrogens is 3. The molecule has 1 aromatic carbocycles. The van der Waals surface area contributed by atoms with E-state index in [9.17, 15) is 0 Å². The van der Waals surface area contributed by atoms with E-state index in [1.807, 2.05) is 0 Å². The normalized spacial score (nSPS) is 15.5. The molecule has 0 saturated heterocycles. The zero-order valence-corrected chi connectivity index (χ0v) is 12.9. The lowest BCUT2D eigenvalue weighted by Crippen LogP contribution is -2.29. The molecule has 4 heteroatoms. The van der Waals surface area contributed by atoms with Gasteiger partial charge in [0.2, 0.25) is 0 Å². The third-order valence-corrected chi connectivity index (χ3v) is 4.39. The van der Waals surface area contributed by atoms with E-state index in [4.69, 9.17) is 12.2 Å². The number of H-pyrrole nitrogens is 1. The summed E-state index contributed by atoms with van der Waals surface area (Å²) >= 11 is 5.44. The van der Waals surface area contributed by atoms with Gasteiger partial charge in [-0.15, -0.1) is 0 Å². The van der Waals surface area contributed by atoms with Gasteiger partial charge in [0, 0.05) is 11.5 Å². The molecular formula is C16H21N3S. The van der Waals surface area contributed by atoms with Gasteiger partial charge < -0.3 is 0 Å². The van der Waals surface area contributed by atoms with Gasteiger partial charge in [-0.3, -0.25) is 9.67 Å². The van der Waals surface area contributed by atoms with Crippen molar-refractivity contribution in [1.29, 1.82) is 0 Å². The molecule has 20 heavy (non-hydrogen) atoms. The second-order valence-corrected chi connectivity index (χ2v) is 6.68. The van der Waals surface area contributed by atoms with E-state index in [1.165, 1.54) is 18.4 Å². The maximum atomic E-state index is 5.44. The second kappa shape index (κ2) is 5.17. The molecule has 0 spiro atoms. The zero-order valence-electron chi connectivity index (χ0n) is 12.1. The lowest BCUT2D eigenvalue weighted by molar-refractivity contribution is 0.313. The van der Waals surface area contributed by atoms with Crippen molar-refractivity contribution in [2.45, 2.75) is 51.0 Å². The van der Waals surface area contributed by atoms with Crippen LogP contribution in [-0.2, 0) is 12.0 Å². The molecule has 0 aliphatic heterocycles. The van der Waals surface area contributed by atoms with Crippen molar-refractivity contribution in [3.05, 3.63) is 46.5 Å². The highest BCUT2D eigenvalue weighted by Crippen LogP contribution is 2.41. The Morgan fingerprint density at radius 2 is 2.00 bits per heavy atom. The number of nitrogens with zero attached hydrogens (tertiary/aromatic N) is 2. The van der Waals surface area contributed by atoms with Crippen LogP contribution in [0.15, 0.2) is 30.3 Å². The van der Waals surface area contributed by atoms with Crippen LogP contribution in [0.1, 0.15) is 50.4 Å². The quantitative estimate of drug-likeness (QED) is 0.837. The van der Waals surface area contributed by atoms with E-state index in [0.717, 1.165) is 23.4 Å². The Morgan fingerprint density at radius 3 is 2.65 bits per heavy atom. The van der Waals surface area contributed by atoms with Gasteiger partial charge in [-0.1, -0.05) is 30.3 Å². The number of rotatable bonds is 5. The molecule has 1 saturated carbocycles. The first-order chi connectivity index (χ1) is 9.58. The number of hydrogen-bond donors (Lipinski definition) is 1. The van der Waals surface area contributed by atoms with E-state index < -0.39 is 0 Å². The molecule has 3 rings (SSSR count). The second-order valence-electron chi connectivity index (χ2n) is 6.29. The molecule has 3 nitrogen and oxygen atoms in total. The third kappa shape index (κ3) is 2.70. The first-order valence-electron chi connectivity index (χ1n) is 7.30. The number of hydrogen-bond acceptors (Lipinski definition) is 2. The van der Waals surface area contributed by atoms with Crippen LogP contribution >= 0.6 is 12.2 Å². The summed E-state index contributed by atoms with van der Waals surface area (Å²) in [6, 6.07) is 10.6. The van der Waals surface area contributed by atoms with Crippen molar-refractivity contribution < 1.29 is 0 Å². The molecule has 1 fully saturated rings. The van der Waals surface area contributed by atoms with Crippen molar-refractivity contribution in [1.82, 2.24) is 14.8 Å². The maximum Gasteiger partial charge on any atom is 0.195 e. The number of benzene rings is 1. The van der Waals surface area contributed by atoms with Gasteiger partial charge in [0.1, 0.15) is 5.82 Å². The fraction of sp³-hybridized carbons (Fsp3) is 0.500. The Morgan fingerprint density at radius 1 is 1.30 bits per heavy atom. The van der Waals surface area contributed by atoms with Gasteiger partial charge in [-0.2, -0.15) is 5.10 Å². The lowest BCUT2D eigenvalue weighted by Gasteiger charge is -2.28. The molecule has 1 aliphatic carbocycles. The van der Waals surface area contributed by atoms with Crippen LogP contribution in [0, 0.1) is 4.77 Å². The molecule has 106 valence electrons. The van der Waals surface area contributed by atoms with Gasteiger partial charge >= 0.3 is 0 Å². The fourth-order valence-electron chi connectivity index (χ4n) is 2.72.